The summed E-state index contributed by atoms with van der Waals surface area (Å²) < 4.78 is 5.07. The van der Waals surface area contributed by atoms with E-state index in [1.165, 1.54) is 11.3 Å². The Morgan fingerprint density at radius 3 is 3.05 bits per heavy atom. The summed E-state index contributed by atoms with van der Waals surface area (Å²) in [6, 6.07) is 6.64. The van der Waals surface area contributed by atoms with E-state index in [4.69, 9.17) is 16.3 Å². The molecule has 1 aromatic carbocycles. The number of anilines is 1. The third kappa shape index (κ3) is 3.68. The number of hydrogen-bond acceptors (Lipinski definition) is 5. The Bertz CT molecular complexity index is 545. The van der Waals surface area contributed by atoms with Crippen molar-refractivity contribution in [1.82, 2.24) is 4.98 Å². The summed E-state index contributed by atoms with van der Waals surface area (Å²) in [6.07, 6.45) is 1.66. The zero-order valence-corrected chi connectivity index (χ0v) is 11.9. The maximum absolute atomic E-state index is 12.0. The molecule has 0 saturated carbocycles. The first-order valence-corrected chi connectivity index (χ1v) is 7.03. The topological polar surface area (TPSA) is 51.2 Å². The number of carbonyl (C=O) groups excluding carboxylic acids is 1. The number of benzene rings is 1. The average molecular weight is 297 g/mol. The van der Waals surface area contributed by atoms with Crippen LogP contribution in [0.3, 0.4) is 0 Å². The third-order valence-corrected chi connectivity index (χ3v) is 3.47. The molecule has 1 unspecified atom stereocenters. The molecule has 1 N–H and O–H groups in total. The molecule has 0 spiro atoms. The third-order valence-electron chi connectivity index (χ3n) is 2.39. The number of esters is 1. The highest BCUT2D eigenvalue weighted by Gasteiger charge is 2.23. The Labute approximate surface area is 120 Å². The molecular formula is C13H13ClN2O2S. The molecule has 1 atom stereocenters. The Kier molecular flexibility index (Phi) is 4.76. The van der Waals surface area contributed by atoms with Gasteiger partial charge in [-0.2, -0.15) is 0 Å². The van der Waals surface area contributed by atoms with Gasteiger partial charge in [0.2, 0.25) is 0 Å². The van der Waals surface area contributed by atoms with E-state index in [1.807, 2.05) is 12.1 Å². The van der Waals surface area contributed by atoms with Crippen molar-refractivity contribution in [2.75, 3.05) is 11.9 Å². The Hall–Kier alpha value is -1.59. The molecule has 19 heavy (non-hydrogen) atoms. The van der Waals surface area contributed by atoms with E-state index in [0.717, 1.165) is 10.6 Å². The van der Waals surface area contributed by atoms with Crippen LogP contribution >= 0.6 is 22.9 Å². The lowest BCUT2D eigenvalue weighted by atomic mass is 10.2. The number of carbonyl (C=O) groups is 1. The van der Waals surface area contributed by atoms with Crippen LogP contribution in [0.5, 0.6) is 0 Å². The molecule has 0 aliphatic carbocycles. The number of nitrogens with one attached hydrogen (secondary N) is 1. The van der Waals surface area contributed by atoms with Gasteiger partial charge in [-0.25, -0.2) is 4.79 Å². The van der Waals surface area contributed by atoms with Gasteiger partial charge in [0.25, 0.3) is 0 Å². The Morgan fingerprint density at radius 1 is 1.58 bits per heavy atom. The van der Waals surface area contributed by atoms with Gasteiger partial charge in [-0.05, 0) is 25.1 Å². The zero-order chi connectivity index (χ0) is 13.7. The number of ether oxygens (including phenoxy) is 1. The van der Waals surface area contributed by atoms with E-state index < -0.39 is 6.04 Å². The van der Waals surface area contributed by atoms with Crippen molar-refractivity contribution in [2.45, 2.75) is 13.0 Å². The summed E-state index contributed by atoms with van der Waals surface area (Å²) in [4.78, 5) is 16.8. The summed E-state index contributed by atoms with van der Waals surface area (Å²) >= 11 is 7.33. The predicted molar refractivity (Wildman–Crippen MR) is 76.6 cm³/mol. The van der Waals surface area contributed by atoms with E-state index in [1.54, 1.807) is 30.8 Å². The largest absolute Gasteiger partial charge is 0.464 e. The molecule has 0 fully saturated rings. The van der Waals surface area contributed by atoms with Gasteiger partial charge in [0.15, 0.2) is 6.04 Å². The van der Waals surface area contributed by atoms with Crippen LogP contribution < -0.4 is 5.32 Å². The summed E-state index contributed by atoms with van der Waals surface area (Å²) in [5.41, 5.74) is 2.44. The first-order valence-electron chi connectivity index (χ1n) is 5.78. The van der Waals surface area contributed by atoms with Crippen LogP contribution in [-0.4, -0.2) is 17.6 Å². The fourth-order valence-corrected chi connectivity index (χ4v) is 2.43. The molecule has 2 aromatic rings. The minimum absolute atomic E-state index is 0.327. The SMILES string of the molecule is CCOC(=O)C(Nc1cccc(Cl)c1)c1cncs1. The average Bonchev–Trinajstić information content (AvgIpc) is 2.90. The highest BCUT2D eigenvalue weighted by Crippen LogP contribution is 2.25. The standard InChI is InChI=1S/C13H13ClN2O2S/c1-2-18-13(17)12(11-7-15-8-19-11)16-10-5-3-4-9(14)6-10/h3-8,12,16H,2H2,1H3. The van der Waals surface area contributed by atoms with Crippen LogP contribution in [-0.2, 0) is 9.53 Å². The summed E-state index contributed by atoms with van der Waals surface area (Å²) in [5.74, 6) is -0.327. The van der Waals surface area contributed by atoms with Crippen LogP contribution in [0.4, 0.5) is 5.69 Å². The van der Waals surface area contributed by atoms with Gasteiger partial charge in [-0.1, -0.05) is 17.7 Å². The molecule has 1 heterocycles. The highest BCUT2D eigenvalue weighted by molar-refractivity contribution is 7.09. The number of halogens is 1. The number of rotatable bonds is 5. The van der Waals surface area contributed by atoms with Crippen LogP contribution in [0, 0.1) is 0 Å². The monoisotopic (exact) mass is 296 g/mol. The molecule has 1 aromatic heterocycles. The molecule has 100 valence electrons. The fraction of sp³-hybridized carbons (Fsp3) is 0.231. The highest BCUT2D eigenvalue weighted by atomic mass is 35.5. The van der Waals surface area contributed by atoms with E-state index in [2.05, 4.69) is 10.3 Å². The molecule has 0 aliphatic heterocycles. The van der Waals surface area contributed by atoms with Crippen molar-refractivity contribution >= 4 is 34.6 Å². The van der Waals surface area contributed by atoms with Gasteiger partial charge < -0.3 is 10.1 Å². The normalized spacial score (nSPS) is 11.9. The van der Waals surface area contributed by atoms with E-state index in [9.17, 15) is 4.79 Å². The number of aromatic nitrogens is 1. The van der Waals surface area contributed by atoms with Crippen molar-refractivity contribution in [3.63, 3.8) is 0 Å². The maximum atomic E-state index is 12.0. The van der Waals surface area contributed by atoms with Crippen LogP contribution in [0.2, 0.25) is 5.02 Å². The van der Waals surface area contributed by atoms with Crippen molar-refractivity contribution in [1.29, 1.82) is 0 Å². The minimum Gasteiger partial charge on any atom is -0.464 e. The zero-order valence-electron chi connectivity index (χ0n) is 10.3. The molecule has 0 aliphatic rings. The second kappa shape index (κ2) is 6.54. The summed E-state index contributed by atoms with van der Waals surface area (Å²) in [6.45, 7) is 2.12. The predicted octanol–water partition coefficient (Wildman–Crippen LogP) is 3.51. The quantitative estimate of drug-likeness (QED) is 0.858. The van der Waals surface area contributed by atoms with Gasteiger partial charge in [0.05, 0.1) is 17.0 Å². The molecule has 0 bridgehead atoms. The molecule has 0 amide bonds. The molecule has 4 nitrogen and oxygen atoms in total. The fourth-order valence-electron chi connectivity index (χ4n) is 1.58. The van der Waals surface area contributed by atoms with Crippen molar-refractivity contribution in [3.05, 3.63) is 45.9 Å². The lowest BCUT2D eigenvalue weighted by molar-refractivity contribution is -0.144. The van der Waals surface area contributed by atoms with Gasteiger partial charge in [0.1, 0.15) is 0 Å². The maximum Gasteiger partial charge on any atom is 0.334 e. The van der Waals surface area contributed by atoms with Crippen molar-refractivity contribution in [2.24, 2.45) is 0 Å². The Morgan fingerprint density at radius 2 is 2.42 bits per heavy atom. The Balaban J connectivity index is 2.21. The summed E-state index contributed by atoms with van der Waals surface area (Å²) in [5, 5.41) is 3.73. The van der Waals surface area contributed by atoms with Crippen LogP contribution in [0.25, 0.3) is 0 Å². The number of nitrogens with zero attached hydrogens (tertiary/aromatic N) is 1. The minimum atomic E-state index is -0.564. The second-order valence-corrected chi connectivity index (χ2v) is 5.10. The smallest absolute Gasteiger partial charge is 0.334 e. The van der Waals surface area contributed by atoms with Crippen LogP contribution in [0.1, 0.15) is 17.8 Å². The molecular weight excluding hydrogens is 284 g/mol. The second-order valence-electron chi connectivity index (χ2n) is 3.74. The lowest BCUT2D eigenvalue weighted by Crippen LogP contribution is -2.22. The van der Waals surface area contributed by atoms with E-state index in [-0.39, 0.29) is 5.97 Å². The first kappa shape index (κ1) is 13.8. The van der Waals surface area contributed by atoms with Gasteiger partial charge in [-0.15, -0.1) is 11.3 Å². The molecule has 0 radical (unpaired) electrons. The van der Waals surface area contributed by atoms with Gasteiger partial charge >= 0.3 is 5.97 Å². The van der Waals surface area contributed by atoms with E-state index >= 15 is 0 Å². The van der Waals surface area contributed by atoms with E-state index in [0.29, 0.717) is 11.6 Å². The van der Waals surface area contributed by atoms with Crippen molar-refractivity contribution in [3.8, 4) is 0 Å². The summed E-state index contributed by atoms with van der Waals surface area (Å²) in [7, 11) is 0. The molecule has 0 saturated heterocycles. The van der Waals surface area contributed by atoms with Crippen molar-refractivity contribution < 1.29 is 9.53 Å². The van der Waals surface area contributed by atoms with Gasteiger partial charge in [-0.3, -0.25) is 4.98 Å². The molecule has 6 heteroatoms. The van der Waals surface area contributed by atoms with Crippen LogP contribution in [0.15, 0.2) is 36.0 Å². The molecule has 2 rings (SSSR count). The lowest BCUT2D eigenvalue weighted by Gasteiger charge is -2.16. The van der Waals surface area contributed by atoms with Gasteiger partial charge in [0, 0.05) is 16.9 Å². The number of thiazole rings is 1. The first-order chi connectivity index (χ1) is 9.20. The number of hydrogen-bond donors (Lipinski definition) is 1.